The number of ether oxygens (including phenoxy) is 1. The second-order valence-corrected chi connectivity index (χ2v) is 5.58. The van der Waals surface area contributed by atoms with Crippen molar-refractivity contribution in [3.8, 4) is 23.3 Å². The molecule has 4 N–H and O–H groups in total. The fraction of sp³-hybridized carbons (Fsp3) is 0.111. The monoisotopic (exact) mass is 354 g/mol. The van der Waals surface area contributed by atoms with E-state index in [4.69, 9.17) is 14.8 Å². The molecule has 26 heavy (non-hydrogen) atoms. The van der Waals surface area contributed by atoms with Crippen LogP contribution < -0.4 is 10.2 Å². The summed E-state index contributed by atoms with van der Waals surface area (Å²) >= 11 is 0. The highest BCUT2D eigenvalue weighted by atomic mass is 16.7. The van der Waals surface area contributed by atoms with Crippen molar-refractivity contribution in [3.05, 3.63) is 59.4 Å². The first kappa shape index (κ1) is 17.3. The molecule has 1 atom stereocenters. The van der Waals surface area contributed by atoms with Gasteiger partial charge < -0.3 is 20.1 Å². The molecule has 1 unspecified atom stereocenters. The Labute approximate surface area is 148 Å². The fourth-order valence-electron chi connectivity index (χ4n) is 2.60. The third-order valence-electron chi connectivity index (χ3n) is 3.74. The summed E-state index contributed by atoms with van der Waals surface area (Å²) in [6, 6.07) is 10.3. The van der Waals surface area contributed by atoms with Crippen molar-refractivity contribution >= 4 is 11.5 Å². The summed E-state index contributed by atoms with van der Waals surface area (Å²) in [4.78, 5) is 16.5. The molecular weight excluding hydrogens is 340 g/mol. The van der Waals surface area contributed by atoms with Crippen LogP contribution in [0.2, 0.25) is 0 Å². The third-order valence-corrected chi connectivity index (χ3v) is 3.74. The number of carbonyl (C=O) groups is 1. The number of phenols is 2. The summed E-state index contributed by atoms with van der Waals surface area (Å²) < 4.78 is 5.41. The number of aromatic hydroxyl groups is 2. The van der Waals surface area contributed by atoms with E-state index in [1.54, 1.807) is 12.1 Å². The van der Waals surface area contributed by atoms with Crippen molar-refractivity contribution in [1.29, 1.82) is 5.26 Å². The topological polar surface area (TPSA) is 132 Å². The minimum Gasteiger partial charge on any atom is -0.508 e. The summed E-state index contributed by atoms with van der Waals surface area (Å²) in [5.41, 5.74) is 2.77. The lowest BCUT2D eigenvalue weighted by molar-refractivity contribution is -0.211. The Kier molecular flexibility index (Phi) is 4.26. The predicted molar refractivity (Wildman–Crippen MR) is 88.3 cm³/mol. The molecule has 0 saturated heterocycles. The van der Waals surface area contributed by atoms with Gasteiger partial charge in [-0.15, -0.1) is 0 Å². The number of amides is 1. The zero-order chi connectivity index (χ0) is 18.9. The van der Waals surface area contributed by atoms with Gasteiger partial charge in [-0.3, -0.25) is 4.79 Å². The van der Waals surface area contributed by atoms with Gasteiger partial charge in [0.2, 0.25) is 5.91 Å². The molecule has 2 aromatic carbocycles. The molecule has 0 aromatic heterocycles. The van der Waals surface area contributed by atoms with E-state index < -0.39 is 17.4 Å². The van der Waals surface area contributed by atoms with Crippen LogP contribution in [0.4, 0.5) is 0 Å². The lowest BCUT2D eigenvalue weighted by atomic mass is 9.89. The fourth-order valence-corrected chi connectivity index (χ4v) is 2.60. The number of rotatable bonds is 3. The van der Waals surface area contributed by atoms with E-state index in [2.05, 4.69) is 0 Å². The quantitative estimate of drug-likeness (QED) is 0.486. The summed E-state index contributed by atoms with van der Waals surface area (Å²) in [6.07, 6.45) is 1.17. The van der Waals surface area contributed by atoms with Gasteiger partial charge >= 0.3 is 0 Å². The zero-order valence-corrected chi connectivity index (χ0v) is 13.6. The molecule has 0 radical (unpaired) electrons. The van der Waals surface area contributed by atoms with E-state index in [-0.39, 0.29) is 22.6 Å². The molecular formula is C18H14N2O6. The van der Waals surface area contributed by atoms with Crippen molar-refractivity contribution < 1.29 is 29.7 Å². The first-order valence-electron chi connectivity index (χ1n) is 7.46. The van der Waals surface area contributed by atoms with Gasteiger partial charge in [-0.05, 0) is 17.7 Å². The lowest BCUT2D eigenvalue weighted by Gasteiger charge is -2.34. The number of aliphatic hydroxyl groups is 1. The van der Waals surface area contributed by atoms with Crippen LogP contribution in [-0.2, 0) is 15.4 Å². The van der Waals surface area contributed by atoms with Crippen LogP contribution in [0.25, 0.3) is 5.57 Å². The molecule has 0 aliphatic carbocycles. The molecule has 8 heteroatoms. The van der Waals surface area contributed by atoms with Gasteiger partial charge in [-0.1, -0.05) is 12.1 Å². The van der Waals surface area contributed by atoms with Gasteiger partial charge in [0.05, 0.1) is 17.2 Å². The first-order valence-corrected chi connectivity index (χ1v) is 7.46. The van der Waals surface area contributed by atoms with Gasteiger partial charge in [0, 0.05) is 19.1 Å². The predicted octanol–water partition coefficient (Wildman–Crippen LogP) is 1.62. The molecule has 1 aliphatic rings. The number of phenolic OH excluding ortho intramolecular Hbond substituents is 2. The maximum absolute atomic E-state index is 11.3. The number of nitriles is 1. The van der Waals surface area contributed by atoms with Crippen molar-refractivity contribution in [2.45, 2.75) is 12.7 Å². The Balaban J connectivity index is 2.15. The number of fused-ring (bicyclic) bond motifs is 1. The van der Waals surface area contributed by atoms with Crippen molar-refractivity contribution in [1.82, 2.24) is 5.48 Å². The summed E-state index contributed by atoms with van der Waals surface area (Å²) in [5, 5.41) is 39.9. The third kappa shape index (κ3) is 2.93. The van der Waals surface area contributed by atoms with Crippen LogP contribution in [0.15, 0.2) is 42.7 Å². The molecule has 0 spiro atoms. The molecule has 132 valence electrons. The van der Waals surface area contributed by atoms with Crippen LogP contribution in [0, 0.1) is 11.3 Å². The Bertz CT molecular complexity index is 945. The van der Waals surface area contributed by atoms with Gasteiger partial charge in [0.25, 0.3) is 5.79 Å². The van der Waals surface area contributed by atoms with Crippen molar-refractivity contribution in [3.63, 3.8) is 0 Å². The summed E-state index contributed by atoms with van der Waals surface area (Å²) in [6.45, 7) is 1.19. The maximum Gasteiger partial charge on any atom is 0.254 e. The molecule has 1 aliphatic heterocycles. The number of nitrogens with zero attached hydrogens (tertiary/aromatic N) is 1. The number of nitrogens with one attached hydrogen (secondary N) is 1. The second-order valence-electron chi connectivity index (χ2n) is 5.58. The molecule has 1 heterocycles. The van der Waals surface area contributed by atoms with Crippen LogP contribution in [0.5, 0.6) is 17.2 Å². The van der Waals surface area contributed by atoms with Crippen molar-refractivity contribution in [2.24, 2.45) is 0 Å². The van der Waals surface area contributed by atoms with E-state index in [0.29, 0.717) is 11.1 Å². The van der Waals surface area contributed by atoms with Crippen LogP contribution in [-0.4, -0.2) is 21.2 Å². The number of carbonyl (C=O) groups excluding carboxylic acids is 1. The van der Waals surface area contributed by atoms with Gasteiger partial charge in [-0.25, -0.2) is 10.3 Å². The maximum atomic E-state index is 11.3. The van der Waals surface area contributed by atoms with E-state index in [1.807, 2.05) is 11.5 Å². The zero-order valence-electron chi connectivity index (χ0n) is 13.6. The average molecular weight is 354 g/mol. The Morgan fingerprint density at radius 2 is 1.96 bits per heavy atom. The van der Waals surface area contributed by atoms with E-state index >= 15 is 0 Å². The molecule has 0 fully saturated rings. The SMILES string of the molecule is CC(=O)NOC1(O)C(c2ccc(C#N)cc2)=COc2cc(O)cc(O)c21. The number of benzene rings is 2. The first-order chi connectivity index (χ1) is 12.3. The van der Waals surface area contributed by atoms with Crippen LogP contribution in [0.1, 0.15) is 23.6 Å². The molecule has 2 aromatic rings. The molecule has 8 nitrogen and oxygen atoms in total. The van der Waals surface area contributed by atoms with Gasteiger partial charge in [0.1, 0.15) is 29.1 Å². The highest BCUT2D eigenvalue weighted by Gasteiger charge is 2.45. The highest BCUT2D eigenvalue weighted by molar-refractivity contribution is 5.78. The average Bonchev–Trinajstić information content (AvgIpc) is 2.60. The van der Waals surface area contributed by atoms with E-state index in [1.165, 1.54) is 31.4 Å². The Morgan fingerprint density at radius 1 is 1.27 bits per heavy atom. The normalized spacial score (nSPS) is 18.1. The van der Waals surface area contributed by atoms with Crippen LogP contribution >= 0.6 is 0 Å². The Morgan fingerprint density at radius 3 is 2.58 bits per heavy atom. The van der Waals surface area contributed by atoms with Gasteiger partial charge in [-0.2, -0.15) is 5.26 Å². The largest absolute Gasteiger partial charge is 0.508 e. The van der Waals surface area contributed by atoms with Gasteiger partial charge in [0.15, 0.2) is 0 Å². The minimum atomic E-state index is -2.30. The van der Waals surface area contributed by atoms with Crippen LogP contribution in [0.3, 0.4) is 0 Å². The molecule has 3 rings (SSSR count). The number of hydrogen-bond donors (Lipinski definition) is 4. The number of hydroxylamine groups is 1. The summed E-state index contributed by atoms with van der Waals surface area (Å²) in [5.74, 6) is -3.70. The second kappa shape index (κ2) is 6.40. The smallest absolute Gasteiger partial charge is 0.254 e. The van der Waals surface area contributed by atoms with E-state index in [9.17, 15) is 20.1 Å². The molecule has 0 saturated carbocycles. The lowest BCUT2D eigenvalue weighted by Crippen LogP contribution is -2.40. The highest BCUT2D eigenvalue weighted by Crippen LogP contribution is 2.49. The molecule has 0 bridgehead atoms. The number of hydrogen-bond acceptors (Lipinski definition) is 7. The Hall–Kier alpha value is -3.54. The molecule has 1 amide bonds. The summed E-state index contributed by atoms with van der Waals surface area (Å²) in [7, 11) is 0. The van der Waals surface area contributed by atoms with E-state index in [0.717, 1.165) is 6.07 Å². The van der Waals surface area contributed by atoms with Crippen molar-refractivity contribution in [2.75, 3.05) is 0 Å². The minimum absolute atomic E-state index is 0.0484. The standard InChI is InChI=1S/C18H14N2O6/c1-10(21)20-26-18(24)14(12-4-2-11(8-19)3-5-12)9-25-16-7-13(22)6-15(23)17(16)18/h2-7,9,22-24H,1H3,(H,20,21).